The molecule has 108 valence electrons. The van der Waals surface area contributed by atoms with Crippen molar-refractivity contribution in [2.75, 3.05) is 7.05 Å². The van der Waals surface area contributed by atoms with Crippen molar-refractivity contribution in [3.8, 4) is 0 Å². The summed E-state index contributed by atoms with van der Waals surface area (Å²) in [6.45, 7) is 4.75. The molecule has 0 aliphatic carbocycles. The van der Waals surface area contributed by atoms with Crippen molar-refractivity contribution in [2.45, 2.75) is 44.7 Å². The molecule has 20 heavy (non-hydrogen) atoms. The van der Waals surface area contributed by atoms with E-state index in [-0.39, 0.29) is 0 Å². The zero-order chi connectivity index (χ0) is 14.2. The monoisotopic (exact) mass is 271 g/mol. The van der Waals surface area contributed by atoms with Crippen molar-refractivity contribution >= 4 is 11.0 Å². The molecule has 0 fully saturated rings. The van der Waals surface area contributed by atoms with Gasteiger partial charge in [0.05, 0.1) is 17.4 Å². The molecule has 0 saturated carbocycles. The Morgan fingerprint density at radius 2 is 2.15 bits per heavy atom. The van der Waals surface area contributed by atoms with Gasteiger partial charge in [0, 0.05) is 12.6 Å². The molecule has 1 N–H and O–H groups in total. The fourth-order valence-electron chi connectivity index (χ4n) is 2.58. The first-order chi connectivity index (χ1) is 9.85. The first kappa shape index (κ1) is 14.8. The van der Waals surface area contributed by atoms with Crippen LogP contribution in [0.3, 0.4) is 0 Å². The van der Waals surface area contributed by atoms with Crippen LogP contribution in [-0.4, -0.2) is 22.6 Å². The van der Waals surface area contributed by atoms with Crippen molar-refractivity contribution in [3.05, 3.63) is 43.2 Å². The van der Waals surface area contributed by atoms with Crippen LogP contribution in [0.25, 0.3) is 11.0 Å². The van der Waals surface area contributed by atoms with E-state index in [4.69, 9.17) is 0 Å². The van der Waals surface area contributed by atoms with Crippen LogP contribution < -0.4 is 5.32 Å². The summed E-state index contributed by atoms with van der Waals surface area (Å²) >= 11 is 0. The summed E-state index contributed by atoms with van der Waals surface area (Å²) in [5.74, 6) is 0. The molecule has 0 saturated heterocycles. The summed E-state index contributed by atoms with van der Waals surface area (Å²) in [4.78, 5) is 4.45. The first-order valence-electron chi connectivity index (χ1n) is 7.53. The number of fused-ring (bicyclic) bond motifs is 1. The van der Waals surface area contributed by atoms with Gasteiger partial charge in [-0.2, -0.15) is 0 Å². The van der Waals surface area contributed by atoms with E-state index in [0.29, 0.717) is 6.04 Å². The van der Waals surface area contributed by atoms with E-state index in [1.54, 1.807) is 0 Å². The summed E-state index contributed by atoms with van der Waals surface area (Å²) in [5.41, 5.74) is 2.30. The van der Waals surface area contributed by atoms with Gasteiger partial charge in [0.1, 0.15) is 0 Å². The van der Waals surface area contributed by atoms with E-state index < -0.39 is 0 Å². The van der Waals surface area contributed by atoms with Crippen LogP contribution in [0.1, 0.15) is 32.1 Å². The van der Waals surface area contributed by atoms with Crippen LogP contribution in [0.5, 0.6) is 0 Å². The van der Waals surface area contributed by atoms with Crippen molar-refractivity contribution in [3.63, 3.8) is 0 Å². The molecule has 1 aromatic heterocycles. The zero-order valence-electron chi connectivity index (χ0n) is 12.4. The predicted octanol–water partition coefficient (Wildman–Crippen LogP) is 3.76. The molecule has 1 atom stereocenters. The van der Waals surface area contributed by atoms with Crippen LogP contribution in [0, 0.1) is 0 Å². The summed E-state index contributed by atoms with van der Waals surface area (Å²) in [5, 5.41) is 3.43. The largest absolute Gasteiger partial charge is 0.329 e. The number of imidazole rings is 1. The lowest BCUT2D eigenvalue weighted by Crippen LogP contribution is -2.29. The lowest BCUT2D eigenvalue weighted by Gasteiger charge is -2.17. The number of aromatic nitrogens is 2. The Hall–Kier alpha value is -1.61. The lowest BCUT2D eigenvalue weighted by atomic mass is 10.1. The second-order valence-corrected chi connectivity index (χ2v) is 5.30. The summed E-state index contributed by atoms with van der Waals surface area (Å²) in [7, 11) is 2.05. The zero-order valence-corrected chi connectivity index (χ0v) is 12.4. The molecule has 1 unspecified atom stereocenters. The molecule has 0 radical (unpaired) electrons. The van der Waals surface area contributed by atoms with Gasteiger partial charge in [0.2, 0.25) is 0 Å². The normalized spacial score (nSPS) is 12.7. The van der Waals surface area contributed by atoms with Crippen molar-refractivity contribution in [2.24, 2.45) is 0 Å². The second kappa shape index (κ2) is 7.85. The van der Waals surface area contributed by atoms with Gasteiger partial charge >= 0.3 is 0 Å². The average molecular weight is 271 g/mol. The van der Waals surface area contributed by atoms with Gasteiger partial charge in [-0.25, -0.2) is 4.98 Å². The van der Waals surface area contributed by atoms with Crippen LogP contribution in [0.4, 0.5) is 0 Å². The summed E-state index contributed by atoms with van der Waals surface area (Å²) < 4.78 is 2.25. The Morgan fingerprint density at radius 3 is 2.95 bits per heavy atom. The fourth-order valence-corrected chi connectivity index (χ4v) is 2.58. The highest BCUT2D eigenvalue weighted by molar-refractivity contribution is 5.74. The van der Waals surface area contributed by atoms with E-state index >= 15 is 0 Å². The number of nitrogens with one attached hydrogen (secondary N) is 1. The Balaban J connectivity index is 1.87. The number of likely N-dealkylation sites (N-methyl/N-ethyl adjacent to an activating group) is 1. The molecule has 0 aliphatic rings. The molecule has 3 nitrogen and oxygen atoms in total. The Kier molecular flexibility index (Phi) is 5.81. The minimum atomic E-state index is 0.510. The van der Waals surface area contributed by atoms with Gasteiger partial charge in [0.15, 0.2) is 0 Å². The van der Waals surface area contributed by atoms with E-state index in [9.17, 15) is 0 Å². The van der Waals surface area contributed by atoms with Gasteiger partial charge < -0.3 is 9.88 Å². The Labute approximate surface area is 121 Å². The number of hydrogen-bond donors (Lipinski definition) is 1. The third-order valence-electron chi connectivity index (χ3n) is 3.81. The van der Waals surface area contributed by atoms with Gasteiger partial charge in [-0.3, -0.25) is 0 Å². The third kappa shape index (κ3) is 3.94. The van der Waals surface area contributed by atoms with Gasteiger partial charge in [-0.1, -0.05) is 31.1 Å². The van der Waals surface area contributed by atoms with Crippen molar-refractivity contribution < 1.29 is 0 Å². The molecule has 2 rings (SSSR count). The Morgan fingerprint density at radius 1 is 1.30 bits per heavy atom. The van der Waals surface area contributed by atoms with Gasteiger partial charge in [-0.15, -0.1) is 6.58 Å². The maximum Gasteiger partial charge on any atom is 0.0958 e. The number of nitrogens with zero attached hydrogens (tertiary/aromatic N) is 2. The highest BCUT2D eigenvalue weighted by atomic mass is 15.1. The summed E-state index contributed by atoms with van der Waals surface area (Å²) in [6.07, 6.45) is 10.1. The van der Waals surface area contributed by atoms with Gasteiger partial charge in [-0.05, 0) is 38.4 Å². The molecule has 0 aliphatic heterocycles. The number of hydrogen-bond acceptors (Lipinski definition) is 2. The molecular weight excluding hydrogens is 246 g/mol. The van der Waals surface area contributed by atoms with E-state index in [2.05, 4.69) is 39.6 Å². The number of rotatable bonds is 9. The van der Waals surface area contributed by atoms with E-state index in [1.165, 1.54) is 31.2 Å². The first-order valence-corrected chi connectivity index (χ1v) is 7.53. The molecule has 1 aromatic carbocycles. The SMILES string of the molecule is C=CCCCCCC(Cn1cnc2ccccc21)NC. The molecule has 0 bridgehead atoms. The number of benzene rings is 1. The quantitative estimate of drug-likeness (QED) is 0.556. The molecule has 1 heterocycles. The molecular formula is C17H25N3. The number of unbranched alkanes of at least 4 members (excludes halogenated alkanes) is 3. The third-order valence-corrected chi connectivity index (χ3v) is 3.81. The second-order valence-electron chi connectivity index (χ2n) is 5.30. The number of para-hydroxylation sites is 2. The molecule has 0 amide bonds. The topological polar surface area (TPSA) is 29.9 Å². The highest BCUT2D eigenvalue weighted by Gasteiger charge is 2.09. The molecule has 0 spiro atoms. The van der Waals surface area contributed by atoms with Crippen LogP contribution in [0.2, 0.25) is 0 Å². The van der Waals surface area contributed by atoms with Gasteiger partial charge in [0.25, 0.3) is 0 Å². The van der Waals surface area contributed by atoms with E-state index in [1.807, 2.05) is 25.5 Å². The highest BCUT2D eigenvalue weighted by Crippen LogP contribution is 2.14. The summed E-state index contributed by atoms with van der Waals surface area (Å²) in [6, 6.07) is 8.82. The minimum Gasteiger partial charge on any atom is -0.329 e. The maximum atomic E-state index is 4.45. The standard InChI is InChI=1S/C17H25N3/c1-3-4-5-6-7-10-15(18-2)13-20-14-19-16-11-8-9-12-17(16)20/h3,8-9,11-12,14-15,18H,1,4-7,10,13H2,2H3. The molecule has 3 heteroatoms. The predicted molar refractivity (Wildman–Crippen MR) is 85.9 cm³/mol. The average Bonchev–Trinajstić information content (AvgIpc) is 2.89. The fraction of sp³-hybridized carbons (Fsp3) is 0.471. The number of allylic oxidation sites excluding steroid dienone is 1. The van der Waals surface area contributed by atoms with Crippen LogP contribution in [0.15, 0.2) is 43.2 Å². The van der Waals surface area contributed by atoms with Crippen LogP contribution in [-0.2, 0) is 6.54 Å². The minimum absolute atomic E-state index is 0.510. The smallest absolute Gasteiger partial charge is 0.0958 e. The van der Waals surface area contributed by atoms with Crippen molar-refractivity contribution in [1.29, 1.82) is 0 Å². The van der Waals surface area contributed by atoms with Crippen LogP contribution >= 0.6 is 0 Å². The maximum absolute atomic E-state index is 4.45. The lowest BCUT2D eigenvalue weighted by molar-refractivity contribution is 0.438. The molecule has 2 aromatic rings. The van der Waals surface area contributed by atoms with E-state index in [0.717, 1.165) is 18.5 Å². The Bertz CT molecular complexity index is 530. The van der Waals surface area contributed by atoms with Crippen molar-refractivity contribution in [1.82, 2.24) is 14.9 Å².